The van der Waals surface area contributed by atoms with Crippen LogP contribution in [0.1, 0.15) is 142 Å². The summed E-state index contributed by atoms with van der Waals surface area (Å²) in [6, 6.07) is 0. The molecule has 0 saturated heterocycles. The molecule has 0 amide bonds. The molecule has 8 heteroatoms. The maximum Gasteiger partial charge on any atom is 0.508 e. The number of rotatable bonds is 31. The summed E-state index contributed by atoms with van der Waals surface area (Å²) >= 11 is 0. The van der Waals surface area contributed by atoms with E-state index < -0.39 is 12.3 Å². The molecular weight excluding hydrogens is 512 g/mol. The molecule has 0 radical (unpaired) electrons. The fraction of sp³-hybridized carbons (Fsp3) is 0.938. The Kier molecular flexibility index (Phi) is 32.4. The first-order valence-corrected chi connectivity index (χ1v) is 16.4. The van der Waals surface area contributed by atoms with Gasteiger partial charge in [-0.05, 0) is 12.8 Å². The Balaban J connectivity index is 3.23. The van der Waals surface area contributed by atoms with Gasteiger partial charge in [-0.15, -0.1) is 0 Å². The Hall–Kier alpha value is -1.54. The first kappa shape index (κ1) is 38.5. The van der Waals surface area contributed by atoms with Gasteiger partial charge in [-0.1, -0.05) is 129 Å². The predicted molar refractivity (Wildman–Crippen MR) is 160 cm³/mol. The third kappa shape index (κ3) is 32.7. The van der Waals surface area contributed by atoms with Crippen LogP contribution in [0.15, 0.2) is 0 Å². The summed E-state index contributed by atoms with van der Waals surface area (Å²) in [4.78, 5) is 23.1. The highest BCUT2D eigenvalue weighted by atomic mass is 16.7. The number of hydrogen-bond acceptors (Lipinski definition) is 8. The van der Waals surface area contributed by atoms with Crippen molar-refractivity contribution in [2.45, 2.75) is 142 Å². The number of ether oxygens (including phenoxy) is 6. The van der Waals surface area contributed by atoms with E-state index in [0.717, 1.165) is 25.7 Å². The molecule has 0 fully saturated rings. The van der Waals surface area contributed by atoms with Crippen LogP contribution in [-0.2, 0) is 28.4 Å². The quantitative estimate of drug-likeness (QED) is 0.0598. The van der Waals surface area contributed by atoms with Gasteiger partial charge >= 0.3 is 12.3 Å². The molecule has 0 aromatic rings. The zero-order chi connectivity index (χ0) is 29.2. The molecule has 0 unspecified atom stereocenters. The van der Waals surface area contributed by atoms with E-state index in [1.165, 1.54) is 103 Å². The van der Waals surface area contributed by atoms with Crippen molar-refractivity contribution >= 4 is 12.3 Å². The first-order chi connectivity index (χ1) is 19.7. The summed E-state index contributed by atoms with van der Waals surface area (Å²) in [5, 5.41) is 0. The van der Waals surface area contributed by atoms with Gasteiger partial charge in [-0.25, -0.2) is 9.59 Å². The van der Waals surface area contributed by atoms with Crippen LogP contribution in [0.3, 0.4) is 0 Å². The van der Waals surface area contributed by atoms with Crippen LogP contribution >= 0.6 is 0 Å². The lowest BCUT2D eigenvalue weighted by molar-refractivity contribution is -0.00485. The molecule has 0 aliphatic rings. The van der Waals surface area contributed by atoms with E-state index in [1.807, 2.05) is 0 Å². The van der Waals surface area contributed by atoms with Crippen molar-refractivity contribution in [3.8, 4) is 0 Å². The second kappa shape index (κ2) is 33.7. The zero-order valence-electron chi connectivity index (χ0n) is 26.1. The SMILES string of the molecule is CCCCCCCCCCCCOC(=O)OCCOCCOCCOC(=O)OCCCCCCCCCCCC. The van der Waals surface area contributed by atoms with E-state index in [1.54, 1.807) is 0 Å². The summed E-state index contributed by atoms with van der Waals surface area (Å²) in [5.41, 5.74) is 0. The van der Waals surface area contributed by atoms with Crippen molar-refractivity contribution in [3.05, 3.63) is 0 Å². The van der Waals surface area contributed by atoms with Crippen LogP contribution in [-0.4, -0.2) is 65.2 Å². The fourth-order valence-corrected chi connectivity index (χ4v) is 4.26. The molecule has 0 aliphatic heterocycles. The summed E-state index contributed by atoms with van der Waals surface area (Å²) in [6.45, 7) is 6.85. The maximum atomic E-state index is 11.6. The van der Waals surface area contributed by atoms with Crippen LogP contribution in [0, 0.1) is 0 Å². The van der Waals surface area contributed by atoms with Gasteiger partial charge in [0.15, 0.2) is 0 Å². The van der Waals surface area contributed by atoms with Gasteiger partial charge in [-0.3, -0.25) is 0 Å². The average molecular weight is 575 g/mol. The Labute approximate surface area is 245 Å². The van der Waals surface area contributed by atoms with Gasteiger partial charge in [0.05, 0.1) is 39.6 Å². The van der Waals surface area contributed by atoms with Crippen molar-refractivity contribution in [1.82, 2.24) is 0 Å². The van der Waals surface area contributed by atoms with Crippen LogP contribution < -0.4 is 0 Å². The number of unbranched alkanes of at least 4 members (excludes halogenated alkanes) is 18. The van der Waals surface area contributed by atoms with Crippen molar-refractivity contribution in [1.29, 1.82) is 0 Å². The molecule has 0 aromatic carbocycles. The lowest BCUT2D eigenvalue weighted by atomic mass is 10.1. The van der Waals surface area contributed by atoms with Gasteiger partial charge in [0.2, 0.25) is 0 Å². The van der Waals surface area contributed by atoms with Gasteiger partial charge in [-0.2, -0.15) is 0 Å². The Morgan fingerprint density at radius 3 is 0.900 bits per heavy atom. The predicted octanol–water partition coefficient (Wildman–Crippen LogP) is 9.17. The Bertz CT molecular complexity index is 483. The largest absolute Gasteiger partial charge is 0.508 e. The topological polar surface area (TPSA) is 89.5 Å². The standard InChI is InChI=1S/C32H62O8/c1-3-5-7-9-11-13-15-17-19-21-23-37-31(33)39-29-27-35-25-26-36-28-30-40-32(34)38-24-22-20-18-16-14-12-10-8-6-4-2/h3-30H2,1-2H3. The van der Waals surface area contributed by atoms with Crippen molar-refractivity contribution < 1.29 is 38.0 Å². The molecule has 0 spiro atoms. The van der Waals surface area contributed by atoms with Crippen LogP contribution in [0.25, 0.3) is 0 Å². The monoisotopic (exact) mass is 574 g/mol. The highest BCUT2D eigenvalue weighted by Crippen LogP contribution is 2.11. The van der Waals surface area contributed by atoms with Crippen molar-refractivity contribution in [2.75, 3.05) is 52.9 Å². The minimum absolute atomic E-state index is 0.144. The average Bonchev–Trinajstić information content (AvgIpc) is 2.95. The maximum absolute atomic E-state index is 11.6. The molecular formula is C32H62O8. The summed E-state index contributed by atoms with van der Waals surface area (Å²) in [5.74, 6) is 0. The lowest BCUT2D eigenvalue weighted by Crippen LogP contribution is -2.16. The minimum atomic E-state index is -0.645. The van der Waals surface area contributed by atoms with Crippen LogP contribution in [0.2, 0.25) is 0 Å². The Morgan fingerprint density at radius 1 is 0.325 bits per heavy atom. The third-order valence-electron chi connectivity index (χ3n) is 6.70. The number of hydrogen-bond donors (Lipinski definition) is 0. The third-order valence-corrected chi connectivity index (χ3v) is 6.70. The van der Waals surface area contributed by atoms with Crippen LogP contribution in [0.4, 0.5) is 9.59 Å². The summed E-state index contributed by atoms with van der Waals surface area (Å²) < 4.78 is 30.8. The summed E-state index contributed by atoms with van der Waals surface area (Å²) in [6.07, 6.45) is 23.5. The van der Waals surface area contributed by atoms with Crippen LogP contribution in [0.5, 0.6) is 0 Å². The normalized spacial score (nSPS) is 10.9. The zero-order valence-corrected chi connectivity index (χ0v) is 26.1. The van der Waals surface area contributed by atoms with Gasteiger partial charge in [0.25, 0.3) is 0 Å². The number of carbonyl (C=O) groups excluding carboxylic acids is 2. The number of carbonyl (C=O) groups is 2. The molecule has 0 atom stereocenters. The molecule has 238 valence electrons. The van der Waals surface area contributed by atoms with Gasteiger partial charge < -0.3 is 28.4 Å². The van der Waals surface area contributed by atoms with E-state index in [-0.39, 0.29) is 26.4 Å². The van der Waals surface area contributed by atoms with Crippen molar-refractivity contribution in [2.24, 2.45) is 0 Å². The van der Waals surface area contributed by atoms with E-state index in [0.29, 0.717) is 26.4 Å². The van der Waals surface area contributed by atoms with E-state index in [2.05, 4.69) is 13.8 Å². The minimum Gasteiger partial charge on any atom is -0.434 e. The molecule has 0 N–H and O–H groups in total. The second-order valence-electron chi connectivity index (χ2n) is 10.5. The molecule has 8 nitrogen and oxygen atoms in total. The molecule has 0 aromatic heterocycles. The fourth-order valence-electron chi connectivity index (χ4n) is 4.26. The first-order valence-electron chi connectivity index (χ1n) is 16.4. The highest BCUT2D eigenvalue weighted by molar-refractivity contribution is 5.60. The van der Waals surface area contributed by atoms with E-state index in [9.17, 15) is 9.59 Å². The highest BCUT2D eigenvalue weighted by Gasteiger charge is 2.05. The smallest absolute Gasteiger partial charge is 0.434 e. The lowest BCUT2D eigenvalue weighted by Gasteiger charge is -2.08. The van der Waals surface area contributed by atoms with E-state index in [4.69, 9.17) is 28.4 Å². The Morgan fingerprint density at radius 2 is 0.575 bits per heavy atom. The van der Waals surface area contributed by atoms with E-state index >= 15 is 0 Å². The van der Waals surface area contributed by atoms with Gasteiger partial charge in [0, 0.05) is 0 Å². The molecule has 0 aliphatic carbocycles. The van der Waals surface area contributed by atoms with Gasteiger partial charge in [0.1, 0.15) is 13.2 Å². The molecule has 0 rings (SSSR count). The molecule has 0 saturated carbocycles. The molecule has 40 heavy (non-hydrogen) atoms. The van der Waals surface area contributed by atoms with Crippen molar-refractivity contribution in [3.63, 3.8) is 0 Å². The summed E-state index contributed by atoms with van der Waals surface area (Å²) in [7, 11) is 0. The second-order valence-corrected chi connectivity index (χ2v) is 10.5. The molecule has 0 bridgehead atoms. The molecule has 0 heterocycles.